The van der Waals surface area contributed by atoms with Crippen molar-refractivity contribution in [2.75, 3.05) is 4.90 Å². The highest BCUT2D eigenvalue weighted by atomic mass is 32.1. The first-order valence-corrected chi connectivity index (χ1v) is 17.3. The number of benzene rings is 8. The summed E-state index contributed by atoms with van der Waals surface area (Å²) in [6.45, 7) is 0. The summed E-state index contributed by atoms with van der Waals surface area (Å²) in [5.41, 5.74) is 9.54. The van der Waals surface area contributed by atoms with E-state index in [0.29, 0.717) is 0 Å². The van der Waals surface area contributed by atoms with Gasteiger partial charge < -0.3 is 9.32 Å². The van der Waals surface area contributed by atoms with Gasteiger partial charge in [-0.2, -0.15) is 0 Å². The van der Waals surface area contributed by atoms with Gasteiger partial charge in [0, 0.05) is 27.7 Å². The van der Waals surface area contributed by atoms with Crippen molar-refractivity contribution < 1.29 is 4.42 Å². The molecular formula is C45H28N2OS. The Morgan fingerprint density at radius 2 is 1.16 bits per heavy atom. The summed E-state index contributed by atoms with van der Waals surface area (Å²) in [5, 5.41) is 7.99. The number of hydrogen-bond acceptors (Lipinski definition) is 4. The second-order valence-electron chi connectivity index (χ2n) is 12.4. The number of fused-ring (bicyclic) bond motifs is 7. The largest absolute Gasteiger partial charge is 0.456 e. The van der Waals surface area contributed by atoms with Crippen molar-refractivity contribution in [1.29, 1.82) is 0 Å². The van der Waals surface area contributed by atoms with E-state index in [-0.39, 0.29) is 0 Å². The van der Waals surface area contributed by atoms with Crippen molar-refractivity contribution in [2.45, 2.75) is 0 Å². The lowest BCUT2D eigenvalue weighted by atomic mass is 10.0. The lowest BCUT2D eigenvalue weighted by Gasteiger charge is -2.27. The van der Waals surface area contributed by atoms with Crippen molar-refractivity contribution in [3.05, 3.63) is 170 Å². The zero-order valence-electron chi connectivity index (χ0n) is 26.4. The molecule has 0 radical (unpaired) electrons. The molecule has 10 rings (SSSR count). The monoisotopic (exact) mass is 644 g/mol. The summed E-state index contributed by atoms with van der Waals surface area (Å²) in [6, 6.07) is 60.3. The Kier molecular flexibility index (Phi) is 6.36. The molecule has 0 saturated heterocycles. The maximum Gasteiger partial charge on any atom is 0.137 e. The minimum atomic E-state index is 0.870. The second kappa shape index (κ2) is 11.2. The Morgan fingerprint density at radius 1 is 0.469 bits per heavy atom. The standard InChI is InChI=1S/C45H28N2OS/c1-3-10-29(11-4-1)30-18-21-35(22-19-30)47(40-16-9-17-41-43(40)38-27-32-14-7-8-15-33(32)28-42(38)48-41)36-23-24-37-34(26-36)20-25-39-44(37)49-45(46-39)31-12-5-2-6-13-31/h1-28H. The molecule has 10 aromatic rings. The molecule has 4 heteroatoms. The predicted octanol–water partition coefficient (Wildman–Crippen LogP) is 13.3. The summed E-state index contributed by atoms with van der Waals surface area (Å²) in [5.74, 6) is 0. The third-order valence-electron chi connectivity index (χ3n) is 9.45. The first kappa shape index (κ1) is 27.8. The molecule has 230 valence electrons. The van der Waals surface area contributed by atoms with Crippen molar-refractivity contribution in [1.82, 2.24) is 4.98 Å². The number of furan rings is 1. The first-order valence-electron chi connectivity index (χ1n) is 16.5. The fourth-order valence-electron chi connectivity index (χ4n) is 7.08. The summed E-state index contributed by atoms with van der Waals surface area (Å²) in [7, 11) is 0. The van der Waals surface area contributed by atoms with Gasteiger partial charge in [0.1, 0.15) is 16.2 Å². The third-order valence-corrected chi connectivity index (χ3v) is 10.6. The molecule has 2 heterocycles. The first-order chi connectivity index (χ1) is 24.3. The van der Waals surface area contributed by atoms with Crippen LogP contribution in [-0.4, -0.2) is 4.98 Å². The lowest BCUT2D eigenvalue weighted by molar-refractivity contribution is 0.669. The van der Waals surface area contributed by atoms with Crippen molar-refractivity contribution in [3.8, 4) is 21.7 Å². The van der Waals surface area contributed by atoms with Gasteiger partial charge in [0.05, 0.1) is 21.3 Å². The van der Waals surface area contributed by atoms with E-state index < -0.39 is 0 Å². The minimum absolute atomic E-state index is 0.870. The van der Waals surface area contributed by atoms with Crippen LogP contribution in [0, 0.1) is 0 Å². The lowest BCUT2D eigenvalue weighted by Crippen LogP contribution is -2.10. The molecule has 0 aliphatic carbocycles. The molecule has 8 aromatic carbocycles. The number of aromatic nitrogens is 1. The van der Waals surface area contributed by atoms with Crippen LogP contribution in [0.15, 0.2) is 174 Å². The Balaban J connectivity index is 1.18. The fourth-order valence-corrected chi connectivity index (χ4v) is 8.19. The summed E-state index contributed by atoms with van der Waals surface area (Å²) < 4.78 is 7.73. The van der Waals surface area contributed by atoms with Crippen LogP contribution in [0.25, 0.3) is 75.4 Å². The van der Waals surface area contributed by atoms with Crippen molar-refractivity contribution in [3.63, 3.8) is 0 Å². The van der Waals surface area contributed by atoms with Gasteiger partial charge in [-0.15, -0.1) is 11.3 Å². The van der Waals surface area contributed by atoms with E-state index in [4.69, 9.17) is 9.40 Å². The highest BCUT2D eigenvalue weighted by molar-refractivity contribution is 7.22. The molecule has 0 unspecified atom stereocenters. The van der Waals surface area contributed by atoms with Gasteiger partial charge in [-0.25, -0.2) is 4.98 Å². The van der Waals surface area contributed by atoms with Gasteiger partial charge in [-0.05, 0) is 81.9 Å². The molecule has 0 aliphatic heterocycles. The number of hydrogen-bond donors (Lipinski definition) is 0. The molecule has 3 nitrogen and oxygen atoms in total. The Bertz CT molecular complexity index is 2820. The van der Waals surface area contributed by atoms with Gasteiger partial charge in [0.2, 0.25) is 0 Å². The molecule has 0 atom stereocenters. The molecule has 0 amide bonds. The van der Waals surface area contributed by atoms with E-state index in [1.54, 1.807) is 11.3 Å². The minimum Gasteiger partial charge on any atom is -0.456 e. The van der Waals surface area contributed by atoms with E-state index in [1.807, 2.05) is 6.07 Å². The summed E-state index contributed by atoms with van der Waals surface area (Å²) >= 11 is 1.75. The summed E-state index contributed by atoms with van der Waals surface area (Å²) in [6.07, 6.45) is 0. The predicted molar refractivity (Wildman–Crippen MR) is 207 cm³/mol. The van der Waals surface area contributed by atoms with Crippen LogP contribution in [0.2, 0.25) is 0 Å². The normalized spacial score (nSPS) is 11.7. The molecular weight excluding hydrogens is 617 g/mol. The van der Waals surface area contributed by atoms with Crippen LogP contribution in [-0.2, 0) is 0 Å². The van der Waals surface area contributed by atoms with Crippen molar-refractivity contribution in [2.24, 2.45) is 0 Å². The second-order valence-corrected chi connectivity index (χ2v) is 13.4. The average Bonchev–Trinajstić information content (AvgIpc) is 3.77. The van der Waals surface area contributed by atoms with E-state index in [1.165, 1.54) is 37.4 Å². The highest BCUT2D eigenvalue weighted by Crippen LogP contribution is 2.45. The number of anilines is 3. The molecule has 49 heavy (non-hydrogen) atoms. The molecule has 0 aliphatic rings. The van der Waals surface area contributed by atoms with Crippen LogP contribution < -0.4 is 4.90 Å². The zero-order chi connectivity index (χ0) is 32.3. The number of thiazole rings is 1. The topological polar surface area (TPSA) is 29.3 Å². The quantitative estimate of drug-likeness (QED) is 0.187. The molecule has 2 aromatic heterocycles. The molecule has 0 saturated carbocycles. The van der Waals surface area contributed by atoms with E-state index in [9.17, 15) is 0 Å². The van der Waals surface area contributed by atoms with E-state index >= 15 is 0 Å². The van der Waals surface area contributed by atoms with Crippen LogP contribution in [0.3, 0.4) is 0 Å². The van der Waals surface area contributed by atoms with Crippen LogP contribution in [0.4, 0.5) is 17.1 Å². The SMILES string of the molecule is c1ccc(-c2ccc(N(c3ccc4c(ccc5nc(-c6ccccc6)sc54)c3)c3cccc4oc5cc6ccccc6cc5c34)cc2)cc1. The number of nitrogens with zero attached hydrogens (tertiary/aromatic N) is 2. The van der Waals surface area contributed by atoms with Crippen LogP contribution in [0.5, 0.6) is 0 Å². The Labute approximate surface area is 286 Å². The molecule has 0 bridgehead atoms. The third kappa shape index (κ3) is 4.68. The van der Waals surface area contributed by atoms with Gasteiger partial charge in [0.25, 0.3) is 0 Å². The smallest absolute Gasteiger partial charge is 0.137 e. The zero-order valence-corrected chi connectivity index (χ0v) is 27.2. The maximum absolute atomic E-state index is 6.53. The highest BCUT2D eigenvalue weighted by Gasteiger charge is 2.21. The Morgan fingerprint density at radius 3 is 1.96 bits per heavy atom. The van der Waals surface area contributed by atoms with Gasteiger partial charge in [-0.1, -0.05) is 115 Å². The summed E-state index contributed by atoms with van der Waals surface area (Å²) in [4.78, 5) is 7.36. The molecule has 0 N–H and O–H groups in total. The van der Waals surface area contributed by atoms with Gasteiger partial charge in [-0.3, -0.25) is 0 Å². The fraction of sp³-hybridized carbons (Fsp3) is 0. The Hall–Kier alpha value is -6.23. The average molecular weight is 645 g/mol. The van der Waals surface area contributed by atoms with Gasteiger partial charge in [0.15, 0.2) is 0 Å². The van der Waals surface area contributed by atoms with Crippen molar-refractivity contribution >= 4 is 82.1 Å². The van der Waals surface area contributed by atoms with E-state index in [0.717, 1.165) is 55.1 Å². The van der Waals surface area contributed by atoms with Crippen LogP contribution in [0.1, 0.15) is 0 Å². The maximum atomic E-state index is 6.53. The van der Waals surface area contributed by atoms with E-state index in [2.05, 4.69) is 169 Å². The van der Waals surface area contributed by atoms with Crippen LogP contribution >= 0.6 is 11.3 Å². The van der Waals surface area contributed by atoms with Gasteiger partial charge >= 0.3 is 0 Å². The number of rotatable bonds is 5. The molecule has 0 fully saturated rings. The molecule has 0 spiro atoms.